The molecule has 0 atom stereocenters. The van der Waals surface area contributed by atoms with Gasteiger partial charge in [-0.15, -0.1) is 0 Å². The Morgan fingerprint density at radius 1 is 1.00 bits per heavy atom. The normalized spacial score (nSPS) is 10.4. The van der Waals surface area contributed by atoms with Gasteiger partial charge in [0.05, 0.1) is 13.1 Å². The van der Waals surface area contributed by atoms with Crippen LogP contribution in [-0.2, 0) is 16.1 Å². The molecule has 0 spiro atoms. The molecule has 7 heteroatoms. The molecule has 0 saturated heterocycles. The molecule has 0 aliphatic carbocycles. The Balaban J connectivity index is 2.74. The van der Waals surface area contributed by atoms with E-state index >= 15 is 0 Å². The number of benzene rings is 1. The fourth-order valence-corrected chi connectivity index (χ4v) is 1.78. The first-order valence-electron chi connectivity index (χ1n) is 5.56. The molecule has 1 aromatic rings. The smallest absolute Gasteiger partial charge is 0.231 e. The Hall–Kier alpha value is -1.99. The van der Waals surface area contributed by atoms with E-state index in [0.29, 0.717) is 11.5 Å². The predicted molar refractivity (Wildman–Crippen MR) is 76.0 cm³/mol. The van der Waals surface area contributed by atoms with Crippen molar-refractivity contribution < 1.29 is 9.59 Å². The van der Waals surface area contributed by atoms with Crippen LogP contribution in [0.4, 0.5) is 0 Å². The van der Waals surface area contributed by atoms with Gasteiger partial charge in [0.2, 0.25) is 11.8 Å². The van der Waals surface area contributed by atoms with Crippen LogP contribution >= 0.6 is 12.2 Å². The SMILES string of the molecule is NC(=O)CN(CC(N)=O)Cc1ccc(C(N)=S)cc1. The van der Waals surface area contributed by atoms with Gasteiger partial charge in [0, 0.05) is 12.1 Å². The van der Waals surface area contributed by atoms with Gasteiger partial charge in [0.25, 0.3) is 0 Å². The zero-order chi connectivity index (χ0) is 14.4. The molecule has 6 nitrogen and oxygen atoms in total. The van der Waals surface area contributed by atoms with Crippen molar-refractivity contribution in [3.63, 3.8) is 0 Å². The Morgan fingerprint density at radius 3 is 1.84 bits per heavy atom. The summed E-state index contributed by atoms with van der Waals surface area (Å²) in [4.78, 5) is 23.7. The Bertz CT molecular complexity index is 471. The number of hydrogen-bond acceptors (Lipinski definition) is 4. The number of rotatable bonds is 7. The summed E-state index contributed by atoms with van der Waals surface area (Å²) < 4.78 is 0. The van der Waals surface area contributed by atoms with E-state index in [0.717, 1.165) is 11.1 Å². The second kappa shape index (κ2) is 6.81. The minimum atomic E-state index is -0.513. The van der Waals surface area contributed by atoms with E-state index in [1.165, 1.54) is 0 Å². The predicted octanol–water partition coefficient (Wildman–Crippen LogP) is -0.907. The summed E-state index contributed by atoms with van der Waals surface area (Å²) in [5.41, 5.74) is 17.4. The maximum Gasteiger partial charge on any atom is 0.231 e. The van der Waals surface area contributed by atoms with Crippen LogP contribution in [-0.4, -0.2) is 34.8 Å². The van der Waals surface area contributed by atoms with Crippen LogP contribution in [0.15, 0.2) is 24.3 Å². The Morgan fingerprint density at radius 2 is 1.47 bits per heavy atom. The zero-order valence-electron chi connectivity index (χ0n) is 10.3. The molecule has 0 fully saturated rings. The molecule has 0 radical (unpaired) electrons. The number of thiocarbonyl (C=S) groups is 1. The third kappa shape index (κ3) is 5.45. The lowest BCUT2D eigenvalue weighted by Crippen LogP contribution is -2.39. The van der Waals surface area contributed by atoms with Crippen molar-refractivity contribution in [3.8, 4) is 0 Å². The molecular formula is C12H16N4O2S. The highest BCUT2D eigenvalue weighted by Crippen LogP contribution is 2.07. The summed E-state index contributed by atoms with van der Waals surface area (Å²) in [6, 6.07) is 7.21. The molecule has 0 aliphatic heterocycles. The van der Waals surface area contributed by atoms with Crippen LogP contribution < -0.4 is 17.2 Å². The molecule has 1 aromatic carbocycles. The number of carbonyl (C=O) groups is 2. The lowest BCUT2D eigenvalue weighted by molar-refractivity contribution is -0.122. The van der Waals surface area contributed by atoms with Gasteiger partial charge >= 0.3 is 0 Å². The first-order chi connectivity index (χ1) is 8.88. The van der Waals surface area contributed by atoms with Gasteiger partial charge in [0.1, 0.15) is 4.99 Å². The summed E-state index contributed by atoms with van der Waals surface area (Å²) in [5, 5.41) is 0. The molecule has 0 unspecified atom stereocenters. The van der Waals surface area contributed by atoms with E-state index in [1.807, 2.05) is 12.1 Å². The van der Waals surface area contributed by atoms with Crippen molar-refractivity contribution in [1.29, 1.82) is 0 Å². The van der Waals surface area contributed by atoms with Crippen molar-refractivity contribution in [2.75, 3.05) is 13.1 Å². The summed E-state index contributed by atoms with van der Waals surface area (Å²) in [6.07, 6.45) is 0. The van der Waals surface area contributed by atoms with E-state index in [4.69, 9.17) is 29.4 Å². The van der Waals surface area contributed by atoms with E-state index in [-0.39, 0.29) is 13.1 Å². The third-order valence-electron chi connectivity index (χ3n) is 2.40. The summed E-state index contributed by atoms with van der Waals surface area (Å²) in [5.74, 6) is -1.03. The molecule has 0 aromatic heterocycles. The molecule has 0 aliphatic rings. The van der Waals surface area contributed by atoms with Gasteiger partial charge in [-0.1, -0.05) is 36.5 Å². The maximum absolute atomic E-state index is 10.9. The molecule has 1 rings (SSSR count). The largest absolute Gasteiger partial charge is 0.389 e. The summed E-state index contributed by atoms with van der Waals surface area (Å²) in [6.45, 7) is 0.337. The van der Waals surface area contributed by atoms with Gasteiger partial charge in [-0.3, -0.25) is 14.5 Å². The van der Waals surface area contributed by atoms with Gasteiger partial charge in [-0.25, -0.2) is 0 Å². The van der Waals surface area contributed by atoms with Gasteiger partial charge in [-0.2, -0.15) is 0 Å². The topological polar surface area (TPSA) is 115 Å². The molecule has 0 bridgehead atoms. The minimum Gasteiger partial charge on any atom is -0.389 e. The van der Waals surface area contributed by atoms with Gasteiger partial charge in [-0.05, 0) is 5.56 Å². The molecule has 2 amide bonds. The first-order valence-corrected chi connectivity index (χ1v) is 5.97. The van der Waals surface area contributed by atoms with Gasteiger partial charge < -0.3 is 17.2 Å². The van der Waals surface area contributed by atoms with Crippen molar-refractivity contribution in [3.05, 3.63) is 35.4 Å². The van der Waals surface area contributed by atoms with Crippen molar-refractivity contribution in [2.24, 2.45) is 17.2 Å². The van der Waals surface area contributed by atoms with Crippen LogP contribution in [0, 0.1) is 0 Å². The molecular weight excluding hydrogens is 264 g/mol. The number of nitrogens with zero attached hydrogens (tertiary/aromatic N) is 1. The highest BCUT2D eigenvalue weighted by Gasteiger charge is 2.11. The average Bonchev–Trinajstić information content (AvgIpc) is 2.27. The lowest BCUT2D eigenvalue weighted by Gasteiger charge is -2.19. The van der Waals surface area contributed by atoms with Gasteiger partial charge in [0.15, 0.2) is 0 Å². The Labute approximate surface area is 116 Å². The monoisotopic (exact) mass is 280 g/mol. The number of amides is 2. The highest BCUT2D eigenvalue weighted by atomic mass is 32.1. The van der Waals surface area contributed by atoms with Crippen LogP contribution in [0.5, 0.6) is 0 Å². The molecule has 0 heterocycles. The first kappa shape index (κ1) is 15.1. The van der Waals surface area contributed by atoms with Crippen molar-refractivity contribution in [2.45, 2.75) is 6.54 Å². The van der Waals surface area contributed by atoms with E-state index in [2.05, 4.69) is 0 Å². The number of nitrogens with two attached hydrogens (primary N) is 3. The molecule has 0 saturated carbocycles. The second-order valence-corrected chi connectivity index (χ2v) is 4.58. The number of primary amides is 2. The standard InChI is InChI=1S/C12H16N4O2S/c13-10(17)6-16(7-11(14)18)5-8-1-3-9(4-2-8)12(15)19/h1-4H,5-7H2,(H2,13,17)(H2,14,18)(H2,15,19). The molecule has 19 heavy (non-hydrogen) atoms. The van der Waals surface area contributed by atoms with E-state index in [1.54, 1.807) is 17.0 Å². The van der Waals surface area contributed by atoms with Crippen LogP contribution in [0.1, 0.15) is 11.1 Å². The second-order valence-electron chi connectivity index (χ2n) is 4.14. The Kier molecular flexibility index (Phi) is 5.40. The summed E-state index contributed by atoms with van der Waals surface area (Å²) in [7, 11) is 0. The van der Waals surface area contributed by atoms with Crippen molar-refractivity contribution in [1.82, 2.24) is 4.90 Å². The fraction of sp³-hybridized carbons (Fsp3) is 0.250. The fourth-order valence-electron chi connectivity index (χ4n) is 1.64. The molecule has 102 valence electrons. The highest BCUT2D eigenvalue weighted by molar-refractivity contribution is 7.80. The van der Waals surface area contributed by atoms with Crippen molar-refractivity contribution >= 4 is 29.0 Å². The maximum atomic E-state index is 10.9. The van der Waals surface area contributed by atoms with E-state index < -0.39 is 11.8 Å². The van der Waals surface area contributed by atoms with Crippen LogP contribution in [0.25, 0.3) is 0 Å². The van der Waals surface area contributed by atoms with Crippen LogP contribution in [0.3, 0.4) is 0 Å². The summed E-state index contributed by atoms with van der Waals surface area (Å²) >= 11 is 4.85. The average molecular weight is 280 g/mol. The number of carbonyl (C=O) groups excluding carboxylic acids is 2. The van der Waals surface area contributed by atoms with Crippen LogP contribution in [0.2, 0.25) is 0 Å². The quantitative estimate of drug-likeness (QED) is 0.559. The van der Waals surface area contributed by atoms with E-state index in [9.17, 15) is 9.59 Å². The lowest BCUT2D eigenvalue weighted by atomic mass is 10.1. The number of hydrogen-bond donors (Lipinski definition) is 3. The molecule has 6 N–H and O–H groups in total. The third-order valence-corrected chi connectivity index (χ3v) is 2.64. The zero-order valence-corrected chi connectivity index (χ0v) is 11.2. The minimum absolute atomic E-state index is 0.0278.